The first-order chi connectivity index (χ1) is 14.0. The van der Waals surface area contributed by atoms with Crippen LogP contribution < -0.4 is 9.64 Å². The van der Waals surface area contributed by atoms with Gasteiger partial charge < -0.3 is 18.9 Å². The molecule has 0 bridgehead atoms. The van der Waals surface area contributed by atoms with Crippen LogP contribution in [0, 0.1) is 4.77 Å². The van der Waals surface area contributed by atoms with Crippen molar-refractivity contribution < 1.29 is 14.3 Å². The predicted molar refractivity (Wildman–Crippen MR) is 114 cm³/mol. The van der Waals surface area contributed by atoms with Crippen molar-refractivity contribution in [2.75, 3.05) is 44.3 Å². The fourth-order valence-electron chi connectivity index (χ4n) is 3.44. The Bertz CT molecular complexity index is 886. The first kappa shape index (κ1) is 21.3. The van der Waals surface area contributed by atoms with Gasteiger partial charge in [-0.2, -0.15) is 5.10 Å². The molecule has 1 fully saturated rings. The minimum Gasteiger partial charge on any atom is -0.492 e. The number of carbonyl (C=O) groups is 1. The van der Waals surface area contributed by atoms with Gasteiger partial charge in [-0.3, -0.25) is 9.69 Å². The summed E-state index contributed by atoms with van der Waals surface area (Å²) in [7, 11) is 1.84. The highest BCUT2D eigenvalue weighted by atomic mass is 32.1. The van der Waals surface area contributed by atoms with Gasteiger partial charge in [0.1, 0.15) is 18.0 Å². The second-order valence-corrected chi connectivity index (χ2v) is 7.25. The lowest BCUT2D eigenvalue weighted by Gasteiger charge is -2.36. The molecule has 0 spiro atoms. The van der Waals surface area contributed by atoms with E-state index in [9.17, 15) is 4.79 Å². The number of nitrogens with zero attached hydrogens (tertiary/aromatic N) is 5. The molecule has 0 saturated carbocycles. The summed E-state index contributed by atoms with van der Waals surface area (Å²) in [5, 5.41) is 4.54. The molecule has 1 aliphatic rings. The van der Waals surface area contributed by atoms with E-state index in [1.54, 1.807) is 16.2 Å². The van der Waals surface area contributed by atoms with Crippen LogP contribution in [0.1, 0.15) is 19.7 Å². The zero-order valence-corrected chi connectivity index (χ0v) is 18.2. The molecule has 29 heavy (non-hydrogen) atoms. The minimum atomic E-state index is -0.288. The fraction of sp³-hybridized carbons (Fsp3) is 0.550. The number of para-hydroxylation sites is 2. The second kappa shape index (κ2) is 9.89. The molecule has 3 rings (SSSR count). The Morgan fingerprint density at radius 1 is 1.14 bits per heavy atom. The Morgan fingerprint density at radius 3 is 2.55 bits per heavy atom. The number of aromatic nitrogens is 3. The highest BCUT2D eigenvalue weighted by Gasteiger charge is 2.21. The van der Waals surface area contributed by atoms with Gasteiger partial charge in [0, 0.05) is 33.2 Å². The van der Waals surface area contributed by atoms with Gasteiger partial charge in [0.2, 0.25) is 0 Å². The third-order valence-corrected chi connectivity index (χ3v) is 5.44. The molecule has 0 aliphatic carbocycles. The lowest BCUT2D eigenvalue weighted by atomic mass is 10.2. The highest BCUT2D eigenvalue weighted by Crippen LogP contribution is 2.28. The number of esters is 1. The maximum atomic E-state index is 11.8. The number of rotatable bonds is 8. The smallest absolute Gasteiger partial charge is 0.313 e. The maximum absolute atomic E-state index is 11.8. The molecule has 0 N–H and O–H groups in total. The van der Waals surface area contributed by atoms with Crippen LogP contribution in [0.25, 0.3) is 0 Å². The molecule has 9 heteroatoms. The number of hydrogen-bond acceptors (Lipinski definition) is 7. The van der Waals surface area contributed by atoms with Gasteiger partial charge in [-0.25, -0.2) is 4.68 Å². The number of benzene rings is 1. The number of hydrogen-bond donors (Lipinski definition) is 0. The molecule has 1 saturated heterocycles. The Balaban J connectivity index is 1.61. The minimum absolute atomic E-state index is 0.128. The maximum Gasteiger partial charge on any atom is 0.313 e. The van der Waals surface area contributed by atoms with Gasteiger partial charge in [0.05, 0.1) is 25.6 Å². The van der Waals surface area contributed by atoms with Gasteiger partial charge in [-0.1, -0.05) is 12.1 Å². The number of piperazine rings is 1. The fourth-order valence-corrected chi connectivity index (χ4v) is 3.64. The van der Waals surface area contributed by atoms with Gasteiger partial charge in [-0.15, -0.1) is 0 Å². The Kier molecular flexibility index (Phi) is 7.27. The zero-order valence-electron chi connectivity index (χ0n) is 17.3. The van der Waals surface area contributed by atoms with Crippen molar-refractivity contribution in [3.8, 4) is 5.75 Å². The van der Waals surface area contributed by atoms with Crippen LogP contribution in [0.15, 0.2) is 24.3 Å². The van der Waals surface area contributed by atoms with Crippen molar-refractivity contribution >= 4 is 23.9 Å². The molecule has 1 aromatic carbocycles. The van der Waals surface area contributed by atoms with Crippen molar-refractivity contribution in [2.24, 2.45) is 7.05 Å². The van der Waals surface area contributed by atoms with Crippen LogP contribution in [-0.4, -0.2) is 64.6 Å². The van der Waals surface area contributed by atoms with E-state index in [1.807, 2.05) is 32.2 Å². The van der Waals surface area contributed by atoms with Crippen LogP contribution in [0.4, 0.5) is 5.69 Å². The second-order valence-electron chi connectivity index (χ2n) is 6.89. The van der Waals surface area contributed by atoms with Gasteiger partial charge >= 0.3 is 5.97 Å². The lowest BCUT2D eigenvalue weighted by molar-refractivity contribution is -0.142. The molecule has 1 aliphatic heterocycles. The Labute approximate surface area is 176 Å². The van der Waals surface area contributed by atoms with Gasteiger partial charge in [0.15, 0.2) is 4.77 Å². The van der Waals surface area contributed by atoms with E-state index in [2.05, 4.69) is 21.0 Å². The summed E-state index contributed by atoms with van der Waals surface area (Å²) in [4.78, 5) is 16.4. The van der Waals surface area contributed by atoms with Crippen LogP contribution in [0.2, 0.25) is 0 Å². The first-order valence-electron chi connectivity index (χ1n) is 10.0. The molecule has 0 atom stereocenters. The van der Waals surface area contributed by atoms with E-state index in [0.29, 0.717) is 30.5 Å². The molecule has 158 valence electrons. The van der Waals surface area contributed by atoms with Crippen molar-refractivity contribution in [1.82, 2.24) is 19.2 Å². The van der Waals surface area contributed by atoms with Crippen LogP contribution in [0.3, 0.4) is 0 Å². The molecule has 8 nitrogen and oxygen atoms in total. The van der Waals surface area contributed by atoms with Crippen molar-refractivity contribution in [1.29, 1.82) is 0 Å². The number of carbonyl (C=O) groups excluding carboxylic acids is 1. The largest absolute Gasteiger partial charge is 0.492 e. The summed E-state index contributed by atoms with van der Waals surface area (Å²) < 4.78 is 15.0. The van der Waals surface area contributed by atoms with Crippen molar-refractivity contribution in [2.45, 2.75) is 26.9 Å². The van der Waals surface area contributed by atoms with E-state index < -0.39 is 0 Å². The Morgan fingerprint density at radius 2 is 1.86 bits per heavy atom. The number of ether oxygens (including phenoxy) is 2. The average Bonchev–Trinajstić information content (AvgIpc) is 2.97. The normalized spacial score (nSPS) is 14.8. The molecular formula is C20H29N5O3S. The molecule has 2 aromatic rings. The van der Waals surface area contributed by atoms with Crippen LogP contribution >= 0.6 is 12.2 Å². The Hall–Kier alpha value is -2.39. The molecule has 0 amide bonds. The molecule has 2 heterocycles. The topological polar surface area (TPSA) is 64.8 Å². The van der Waals surface area contributed by atoms with E-state index in [-0.39, 0.29) is 12.4 Å². The molecule has 1 aromatic heterocycles. The SMILES string of the molecule is CCOC(=O)Cc1nn(CN2CCN(c3ccccc3OCC)CC2)c(=S)n1C. The van der Waals surface area contributed by atoms with E-state index in [0.717, 1.165) is 37.6 Å². The highest BCUT2D eigenvalue weighted by molar-refractivity contribution is 7.71. The monoisotopic (exact) mass is 419 g/mol. The van der Waals surface area contributed by atoms with E-state index >= 15 is 0 Å². The van der Waals surface area contributed by atoms with E-state index in [1.165, 1.54) is 0 Å². The van der Waals surface area contributed by atoms with Crippen LogP contribution in [0.5, 0.6) is 5.75 Å². The van der Waals surface area contributed by atoms with Crippen molar-refractivity contribution in [3.63, 3.8) is 0 Å². The third-order valence-electron chi connectivity index (χ3n) is 4.95. The summed E-state index contributed by atoms with van der Waals surface area (Å²) in [5.41, 5.74) is 1.14. The summed E-state index contributed by atoms with van der Waals surface area (Å²) in [6.45, 7) is 9.01. The summed E-state index contributed by atoms with van der Waals surface area (Å²) in [6.07, 6.45) is 0.128. The lowest BCUT2D eigenvalue weighted by Crippen LogP contribution is -2.47. The first-order valence-corrected chi connectivity index (χ1v) is 10.4. The molecule has 0 radical (unpaired) electrons. The quantitative estimate of drug-likeness (QED) is 0.480. The van der Waals surface area contributed by atoms with Crippen molar-refractivity contribution in [3.05, 3.63) is 34.9 Å². The van der Waals surface area contributed by atoms with Crippen LogP contribution in [-0.2, 0) is 29.7 Å². The van der Waals surface area contributed by atoms with E-state index in [4.69, 9.17) is 21.7 Å². The summed E-state index contributed by atoms with van der Waals surface area (Å²) in [6, 6.07) is 8.17. The number of anilines is 1. The zero-order chi connectivity index (χ0) is 20.8. The predicted octanol–water partition coefficient (Wildman–Crippen LogP) is 2.24. The standard InChI is InChI=1S/C20H29N5O3S/c1-4-27-17-9-7-6-8-16(17)24-12-10-23(11-13-24)15-25-20(29)22(3)18(21-25)14-19(26)28-5-2/h6-9H,4-5,10-15H2,1-3H3. The molecule has 0 unspecified atom stereocenters. The van der Waals surface area contributed by atoms with Gasteiger partial charge in [0.25, 0.3) is 0 Å². The molecular weight excluding hydrogens is 390 g/mol. The third kappa shape index (κ3) is 5.16. The summed E-state index contributed by atoms with van der Waals surface area (Å²) >= 11 is 5.50. The summed E-state index contributed by atoms with van der Waals surface area (Å²) in [5.74, 6) is 1.26. The van der Waals surface area contributed by atoms with Gasteiger partial charge in [-0.05, 0) is 38.2 Å². The average molecular weight is 420 g/mol.